The molecule has 7 heteroatoms. The fourth-order valence-corrected chi connectivity index (χ4v) is 2.92. The van der Waals surface area contributed by atoms with Crippen molar-refractivity contribution in [1.82, 2.24) is 9.36 Å². The van der Waals surface area contributed by atoms with Crippen LogP contribution in [-0.4, -0.2) is 21.4 Å². The first-order chi connectivity index (χ1) is 13.4. The van der Waals surface area contributed by atoms with E-state index in [0.29, 0.717) is 23.6 Å². The van der Waals surface area contributed by atoms with E-state index in [0.717, 1.165) is 0 Å². The summed E-state index contributed by atoms with van der Waals surface area (Å²) in [6.45, 7) is 3.56. The van der Waals surface area contributed by atoms with Gasteiger partial charge in [-0.05, 0) is 49.7 Å². The number of carbonyl (C=O) groups excluding carboxylic acids is 1. The molecule has 0 radical (unpaired) electrons. The number of carbonyl (C=O) groups is 1. The first kappa shape index (κ1) is 19.4. The second-order valence-electron chi connectivity index (χ2n) is 6.39. The van der Waals surface area contributed by atoms with Crippen LogP contribution in [0.1, 0.15) is 19.0 Å². The van der Waals surface area contributed by atoms with E-state index in [1.54, 1.807) is 25.6 Å². The molecule has 146 valence electrons. The van der Waals surface area contributed by atoms with E-state index in [4.69, 9.17) is 4.74 Å². The molecule has 28 heavy (non-hydrogen) atoms. The van der Waals surface area contributed by atoms with Gasteiger partial charge in [0, 0.05) is 7.05 Å². The van der Waals surface area contributed by atoms with Crippen LogP contribution in [0.15, 0.2) is 59.4 Å². The lowest BCUT2D eigenvalue weighted by Gasteiger charge is -2.16. The van der Waals surface area contributed by atoms with E-state index in [2.05, 4.69) is 5.32 Å². The van der Waals surface area contributed by atoms with Gasteiger partial charge in [-0.15, -0.1) is 0 Å². The lowest BCUT2D eigenvalue weighted by molar-refractivity contribution is -0.122. The van der Waals surface area contributed by atoms with E-state index in [1.165, 1.54) is 28.9 Å². The van der Waals surface area contributed by atoms with Gasteiger partial charge in [-0.1, -0.05) is 25.1 Å². The highest BCUT2D eigenvalue weighted by Crippen LogP contribution is 2.17. The zero-order valence-electron chi connectivity index (χ0n) is 16.0. The molecule has 0 saturated heterocycles. The van der Waals surface area contributed by atoms with E-state index < -0.39 is 12.0 Å². The zero-order chi connectivity index (χ0) is 20.3. The number of aromatic nitrogens is 2. The maximum absolute atomic E-state index is 13.0. The molecule has 0 spiro atoms. The van der Waals surface area contributed by atoms with Crippen molar-refractivity contribution in [2.45, 2.75) is 26.4 Å². The largest absolute Gasteiger partial charge is 0.481 e. The zero-order valence-corrected chi connectivity index (χ0v) is 16.0. The summed E-state index contributed by atoms with van der Waals surface area (Å²) in [5, 5.41) is 2.70. The molecule has 6 nitrogen and oxygen atoms in total. The molecule has 1 atom stereocenters. The summed E-state index contributed by atoms with van der Waals surface area (Å²) < 4.78 is 21.9. The maximum Gasteiger partial charge on any atom is 0.295 e. The van der Waals surface area contributed by atoms with E-state index in [-0.39, 0.29) is 17.1 Å². The van der Waals surface area contributed by atoms with Gasteiger partial charge < -0.3 is 10.1 Å². The van der Waals surface area contributed by atoms with Crippen LogP contribution < -0.4 is 15.6 Å². The van der Waals surface area contributed by atoms with Gasteiger partial charge in [0.15, 0.2) is 6.10 Å². The van der Waals surface area contributed by atoms with Crippen LogP contribution in [0.3, 0.4) is 0 Å². The monoisotopic (exact) mass is 383 g/mol. The van der Waals surface area contributed by atoms with Crippen molar-refractivity contribution in [2.24, 2.45) is 7.05 Å². The molecule has 0 unspecified atom stereocenters. The van der Waals surface area contributed by atoms with E-state index in [9.17, 15) is 14.0 Å². The molecular weight excluding hydrogens is 361 g/mol. The summed E-state index contributed by atoms with van der Waals surface area (Å²) in [7, 11) is 1.76. The minimum atomic E-state index is -0.811. The smallest absolute Gasteiger partial charge is 0.295 e. The molecule has 1 aromatic heterocycles. The highest BCUT2D eigenvalue weighted by Gasteiger charge is 2.23. The molecule has 0 bridgehead atoms. The molecule has 0 fully saturated rings. The summed E-state index contributed by atoms with van der Waals surface area (Å²) in [6.07, 6.45) is -0.420. The number of hydrogen-bond acceptors (Lipinski definition) is 3. The van der Waals surface area contributed by atoms with Crippen LogP contribution in [0.2, 0.25) is 0 Å². The van der Waals surface area contributed by atoms with Crippen LogP contribution in [0, 0.1) is 12.7 Å². The lowest BCUT2D eigenvalue weighted by atomic mass is 10.2. The Labute approximate surface area is 162 Å². The van der Waals surface area contributed by atoms with E-state index in [1.807, 2.05) is 30.3 Å². The second kappa shape index (κ2) is 8.12. The minimum absolute atomic E-state index is 0.206. The summed E-state index contributed by atoms with van der Waals surface area (Å²) >= 11 is 0. The Kier molecular flexibility index (Phi) is 5.63. The summed E-state index contributed by atoms with van der Waals surface area (Å²) in [4.78, 5) is 25.6. The third kappa shape index (κ3) is 3.83. The number of nitrogens with zero attached hydrogens (tertiary/aromatic N) is 2. The van der Waals surface area contributed by atoms with Gasteiger partial charge in [0.1, 0.15) is 17.3 Å². The predicted molar refractivity (Wildman–Crippen MR) is 105 cm³/mol. The number of hydrogen-bond donors (Lipinski definition) is 1. The molecule has 0 aliphatic rings. The van der Waals surface area contributed by atoms with Gasteiger partial charge in [0.05, 0.1) is 11.4 Å². The highest BCUT2D eigenvalue weighted by molar-refractivity contribution is 5.94. The average molecular weight is 383 g/mol. The van der Waals surface area contributed by atoms with Gasteiger partial charge in [0.2, 0.25) is 0 Å². The van der Waals surface area contributed by atoms with Gasteiger partial charge in [0.25, 0.3) is 11.5 Å². The molecule has 3 rings (SSSR count). The Bertz CT molecular complexity index is 1020. The SMILES string of the molecule is CC[C@@H](Oc1ccc(F)cc1)C(=O)Nc1c(C)n(C)n(-c2ccccc2)c1=O. The molecule has 1 heterocycles. The third-order valence-corrected chi connectivity index (χ3v) is 4.56. The highest BCUT2D eigenvalue weighted by atomic mass is 19.1. The molecule has 2 aromatic carbocycles. The summed E-state index contributed by atoms with van der Waals surface area (Å²) in [5.41, 5.74) is 1.21. The standard InChI is InChI=1S/C21H22FN3O3/c1-4-18(28-17-12-10-15(22)11-13-17)20(26)23-19-14(2)24(3)25(21(19)27)16-8-6-5-7-9-16/h5-13,18H,4H2,1-3H3,(H,23,26)/t18-/m1/s1. The second-order valence-corrected chi connectivity index (χ2v) is 6.39. The topological polar surface area (TPSA) is 65.3 Å². The fourth-order valence-electron chi connectivity index (χ4n) is 2.92. The van der Waals surface area contributed by atoms with Gasteiger partial charge in [-0.25, -0.2) is 9.07 Å². The quantitative estimate of drug-likeness (QED) is 0.709. The number of benzene rings is 2. The van der Waals surface area contributed by atoms with Crippen molar-refractivity contribution >= 4 is 11.6 Å². The molecule has 1 amide bonds. The number of rotatable bonds is 6. The summed E-state index contributed by atoms with van der Waals surface area (Å²) in [5.74, 6) is -0.432. The summed E-state index contributed by atoms with van der Waals surface area (Å²) in [6, 6.07) is 14.6. The molecule has 0 aliphatic heterocycles. The van der Waals surface area contributed by atoms with Crippen molar-refractivity contribution in [3.05, 3.63) is 76.5 Å². The predicted octanol–water partition coefficient (Wildman–Crippen LogP) is 3.42. The van der Waals surface area contributed by atoms with Crippen molar-refractivity contribution in [1.29, 1.82) is 0 Å². The van der Waals surface area contributed by atoms with Crippen LogP contribution in [-0.2, 0) is 11.8 Å². The Morgan fingerprint density at radius 1 is 1.14 bits per heavy atom. The normalized spacial score (nSPS) is 11.9. The van der Waals surface area contributed by atoms with Crippen molar-refractivity contribution < 1.29 is 13.9 Å². The fraction of sp³-hybridized carbons (Fsp3) is 0.238. The number of nitrogens with one attached hydrogen (secondary N) is 1. The van der Waals surface area contributed by atoms with Gasteiger partial charge in [-0.2, -0.15) is 0 Å². The Balaban J connectivity index is 1.85. The van der Waals surface area contributed by atoms with Gasteiger partial charge in [-0.3, -0.25) is 14.3 Å². The minimum Gasteiger partial charge on any atom is -0.481 e. The lowest BCUT2D eigenvalue weighted by Crippen LogP contribution is -2.34. The molecule has 1 N–H and O–H groups in total. The van der Waals surface area contributed by atoms with E-state index >= 15 is 0 Å². The maximum atomic E-state index is 13.0. The average Bonchev–Trinajstić information content (AvgIpc) is 2.91. The van der Waals surface area contributed by atoms with Crippen LogP contribution in [0.4, 0.5) is 10.1 Å². The Morgan fingerprint density at radius 3 is 2.39 bits per heavy atom. The number of amides is 1. The first-order valence-corrected chi connectivity index (χ1v) is 8.99. The third-order valence-electron chi connectivity index (χ3n) is 4.56. The molecular formula is C21H22FN3O3. The van der Waals surface area contributed by atoms with Crippen LogP contribution in [0.5, 0.6) is 5.75 Å². The number of ether oxygens (including phenoxy) is 1. The molecule has 3 aromatic rings. The molecule has 0 saturated carbocycles. The van der Waals surface area contributed by atoms with Gasteiger partial charge >= 0.3 is 0 Å². The van der Waals surface area contributed by atoms with Crippen LogP contribution in [0.25, 0.3) is 5.69 Å². The first-order valence-electron chi connectivity index (χ1n) is 8.99. The Hall–Kier alpha value is -3.35. The van der Waals surface area contributed by atoms with Crippen molar-refractivity contribution in [3.63, 3.8) is 0 Å². The Morgan fingerprint density at radius 2 is 1.79 bits per heavy atom. The van der Waals surface area contributed by atoms with Crippen LogP contribution >= 0.6 is 0 Å². The number of para-hydroxylation sites is 1. The number of anilines is 1. The molecule has 0 aliphatic carbocycles. The number of halogens is 1. The van der Waals surface area contributed by atoms with Crippen molar-refractivity contribution in [2.75, 3.05) is 5.32 Å². The van der Waals surface area contributed by atoms with Crippen molar-refractivity contribution in [3.8, 4) is 11.4 Å².